The van der Waals surface area contributed by atoms with Crippen LogP contribution >= 0.6 is 11.6 Å². The van der Waals surface area contributed by atoms with Crippen LogP contribution in [0.4, 0.5) is 11.5 Å². The number of hydrogen-bond donors (Lipinski definition) is 2. The molecule has 1 aliphatic carbocycles. The van der Waals surface area contributed by atoms with Crippen LogP contribution in [-0.2, 0) is 14.3 Å². The number of aliphatic hydroxyl groups excluding tert-OH is 1. The quantitative estimate of drug-likeness (QED) is 0.633. The van der Waals surface area contributed by atoms with E-state index in [1.807, 2.05) is 12.1 Å². The number of aromatic nitrogens is 1. The summed E-state index contributed by atoms with van der Waals surface area (Å²) in [5.41, 5.74) is 0.658. The summed E-state index contributed by atoms with van der Waals surface area (Å²) in [7, 11) is 0. The normalized spacial score (nSPS) is 31.6. The molecule has 3 aliphatic heterocycles. The van der Waals surface area contributed by atoms with Crippen LogP contribution in [0.3, 0.4) is 0 Å². The molecular formula is C27H35ClN4O4. The van der Waals surface area contributed by atoms with E-state index in [4.69, 9.17) is 21.1 Å². The van der Waals surface area contributed by atoms with Gasteiger partial charge in [-0.15, -0.1) is 0 Å². The Morgan fingerprint density at radius 2 is 1.92 bits per heavy atom. The summed E-state index contributed by atoms with van der Waals surface area (Å²) in [5, 5.41) is 16.1. The van der Waals surface area contributed by atoms with Crippen molar-refractivity contribution in [3.05, 3.63) is 29.4 Å². The number of benzene rings is 1. The molecule has 2 aromatic rings. The van der Waals surface area contributed by atoms with Crippen molar-refractivity contribution in [1.29, 1.82) is 0 Å². The molecule has 1 saturated carbocycles. The van der Waals surface area contributed by atoms with Gasteiger partial charge in [-0.2, -0.15) is 0 Å². The minimum Gasteiger partial charge on any atom is -0.389 e. The first-order valence-electron chi connectivity index (χ1n) is 13.2. The summed E-state index contributed by atoms with van der Waals surface area (Å²) in [5.74, 6) is 1.85. The number of aliphatic hydroxyl groups is 1. The van der Waals surface area contributed by atoms with E-state index >= 15 is 0 Å². The minimum absolute atomic E-state index is 0.0789. The zero-order valence-electron chi connectivity index (χ0n) is 20.8. The van der Waals surface area contributed by atoms with Crippen molar-refractivity contribution >= 4 is 39.8 Å². The molecule has 9 heteroatoms. The first-order valence-corrected chi connectivity index (χ1v) is 13.5. The highest BCUT2D eigenvalue weighted by Gasteiger charge is 2.48. The predicted octanol–water partition coefficient (Wildman–Crippen LogP) is 3.16. The maximum Gasteiger partial charge on any atom is 0.228 e. The monoisotopic (exact) mass is 514 g/mol. The van der Waals surface area contributed by atoms with Gasteiger partial charge in [0.15, 0.2) is 0 Å². The number of piperazine rings is 1. The largest absolute Gasteiger partial charge is 0.389 e. The molecule has 2 unspecified atom stereocenters. The molecule has 1 aromatic heterocycles. The van der Waals surface area contributed by atoms with E-state index in [1.54, 1.807) is 6.20 Å². The number of carbonyl (C=O) groups is 1. The third-order valence-electron chi connectivity index (χ3n) is 8.82. The van der Waals surface area contributed by atoms with Crippen LogP contribution in [0, 0.1) is 17.8 Å². The third kappa shape index (κ3) is 4.58. The molecule has 6 rings (SSSR count). The van der Waals surface area contributed by atoms with Crippen molar-refractivity contribution < 1.29 is 19.4 Å². The highest BCUT2D eigenvalue weighted by molar-refractivity contribution is 6.34. The molecule has 4 atom stereocenters. The molecule has 3 saturated heterocycles. The number of rotatable bonds is 5. The van der Waals surface area contributed by atoms with E-state index < -0.39 is 6.10 Å². The number of carbonyl (C=O) groups excluding carboxylic acids is 1. The van der Waals surface area contributed by atoms with Crippen LogP contribution in [-0.4, -0.2) is 85.1 Å². The molecule has 0 radical (unpaired) electrons. The highest BCUT2D eigenvalue weighted by atomic mass is 35.5. The minimum atomic E-state index is -0.461. The van der Waals surface area contributed by atoms with E-state index in [0.717, 1.165) is 75.1 Å². The highest BCUT2D eigenvalue weighted by Crippen LogP contribution is 2.48. The van der Waals surface area contributed by atoms with Crippen LogP contribution in [0.5, 0.6) is 0 Å². The van der Waals surface area contributed by atoms with Gasteiger partial charge in [-0.3, -0.25) is 9.69 Å². The fourth-order valence-corrected chi connectivity index (χ4v) is 6.57. The third-order valence-corrected chi connectivity index (χ3v) is 9.12. The van der Waals surface area contributed by atoms with Crippen molar-refractivity contribution in [2.24, 2.45) is 17.8 Å². The van der Waals surface area contributed by atoms with E-state index in [0.29, 0.717) is 35.9 Å². The molecule has 36 heavy (non-hydrogen) atoms. The van der Waals surface area contributed by atoms with Crippen molar-refractivity contribution in [3.63, 3.8) is 0 Å². The van der Waals surface area contributed by atoms with Gasteiger partial charge in [0, 0.05) is 56.9 Å². The average molecular weight is 515 g/mol. The smallest absolute Gasteiger partial charge is 0.228 e. The Labute approximate surface area is 216 Å². The summed E-state index contributed by atoms with van der Waals surface area (Å²) in [6.07, 6.45) is 4.42. The number of ether oxygens (including phenoxy) is 2. The Morgan fingerprint density at radius 3 is 2.64 bits per heavy atom. The standard InChI is InChI=1S/C27H35ClN4O4/c1-27(16-36-15-24(27)33)32-6-4-31(5-7-32)23-11-18-12-25(29-14-19(18)10-22(23)28)30-26(34)21-13-20(21)17-2-8-35-9-3-17/h10-12,14,17,20-21,24,33H,2-9,13,15-16H2,1H3,(H,29,30,34)/t20?,21?,24-,27+/m0/s1. The summed E-state index contributed by atoms with van der Waals surface area (Å²) in [4.78, 5) is 22.0. The summed E-state index contributed by atoms with van der Waals surface area (Å²) >= 11 is 6.69. The van der Waals surface area contributed by atoms with E-state index in [-0.39, 0.29) is 17.4 Å². The lowest BCUT2D eigenvalue weighted by Crippen LogP contribution is -2.60. The molecule has 1 amide bonds. The van der Waals surface area contributed by atoms with E-state index in [9.17, 15) is 9.90 Å². The molecule has 194 valence electrons. The van der Waals surface area contributed by atoms with Gasteiger partial charge in [-0.25, -0.2) is 4.98 Å². The fourth-order valence-electron chi connectivity index (χ4n) is 6.28. The number of pyridine rings is 1. The Morgan fingerprint density at radius 1 is 1.14 bits per heavy atom. The summed E-state index contributed by atoms with van der Waals surface area (Å²) < 4.78 is 11.0. The van der Waals surface area contributed by atoms with Gasteiger partial charge in [0.05, 0.1) is 35.6 Å². The van der Waals surface area contributed by atoms with Crippen molar-refractivity contribution in [2.45, 2.75) is 37.8 Å². The van der Waals surface area contributed by atoms with Crippen molar-refractivity contribution in [1.82, 2.24) is 9.88 Å². The predicted molar refractivity (Wildman–Crippen MR) is 140 cm³/mol. The van der Waals surface area contributed by atoms with Gasteiger partial charge in [0.2, 0.25) is 5.91 Å². The SMILES string of the molecule is C[C@@]1(N2CCN(c3cc4cc(NC(=O)C5CC5C5CCOCC5)ncc4cc3Cl)CC2)COC[C@@H]1O. The summed E-state index contributed by atoms with van der Waals surface area (Å²) in [6.45, 7) is 7.97. The van der Waals surface area contributed by atoms with Crippen molar-refractivity contribution in [3.8, 4) is 0 Å². The van der Waals surface area contributed by atoms with Crippen LogP contribution in [0.2, 0.25) is 5.02 Å². The number of amides is 1. The second kappa shape index (κ2) is 9.72. The lowest BCUT2D eigenvalue weighted by molar-refractivity contribution is -0.117. The van der Waals surface area contributed by atoms with Crippen LogP contribution in [0.25, 0.3) is 10.8 Å². The number of anilines is 2. The molecular weight excluding hydrogens is 480 g/mol. The first kappa shape index (κ1) is 24.4. The lowest BCUT2D eigenvalue weighted by atomic mass is 9.93. The zero-order valence-corrected chi connectivity index (χ0v) is 21.5. The number of hydrogen-bond acceptors (Lipinski definition) is 7. The number of nitrogens with one attached hydrogen (secondary N) is 1. The second-order valence-electron chi connectivity index (χ2n) is 11.0. The van der Waals surface area contributed by atoms with Gasteiger partial charge in [-0.05, 0) is 61.6 Å². The Hall–Kier alpha value is -1.97. The van der Waals surface area contributed by atoms with Gasteiger partial charge in [-0.1, -0.05) is 11.6 Å². The fraction of sp³-hybridized carbons (Fsp3) is 0.630. The lowest BCUT2D eigenvalue weighted by Gasteiger charge is -2.45. The maximum atomic E-state index is 12.9. The second-order valence-corrected chi connectivity index (χ2v) is 11.4. The van der Waals surface area contributed by atoms with Crippen LogP contribution in [0.15, 0.2) is 24.4 Å². The Bertz CT molecular complexity index is 1130. The molecule has 2 N–H and O–H groups in total. The molecule has 8 nitrogen and oxygen atoms in total. The number of nitrogens with zero attached hydrogens (tertiary/aromatic N) is 3. The van der Waals surface area contributed by atoms with Gasteiger partial charge in [0.25, 0.3) is 0 Å². The maximum absolute atomic E-state index is 12.9. The van der Waals surface area contributed by atoms with Crippen LogP contribution in [0.1, 0.15) is 26.2 Å². The van der Waals surface area contributed by atoms with Crippen LogP contribution < -0.4 is 10.2 Å². The summed E-state index contributed by atoms with van der Waals surface area (Å²) in [6, 6.07) is 6.00. The Kier molecular flexibility index (Phi) is 6.58. The molecule has 4 heterocycles. The topological polar surface area (TPSA) is 87.2 Å². The Balaban J connectivity index is 1.13. The molecule has 0 bridgehead atoms. The van der Waals surface area contributed by atoms with Gasteiger partial charge in [0.1, 0.15) is 5.82 Å². The molecule has 1 aromatic carbocycles. The number of fused-ring (bicyclic) bond motifs is 1. The molecule has 4 fully saturated rings. The van der Waals surface area contributed by atoms with Gasteiger partial charge < -0.3 is 24.8 Å². The van der Waals surface area contributed by atoms with Gasteiger partial charge >= 0.3 is 0 Å². The average Bonchev–Trinajstić information content (AvgIpc) is 3.63. The van der Waals surface area contributed by atoms with E-state index in [2.05, 4.69) is 33.1 Å². The zero-order chi connectivity index (χ0) is 24.9. The molecule has 4 aliphatic rings. The first-order chi connectivity index (χ1) is 17.4. The van der Waals surface area contributed by atoms with Crippen molar-refractivity contribution in [2.75, 3.05) is 62.8 Å². The number of halogens is 1. The molecule has 0 spiro atoms. The van der Waals surface area contributed by atoms with E-state index in [1.165, 1.54) is 0 Å².